The minimum atomic E-state index is 1.03. The van der Waals surface area contributed by atoms with Gasteiger partial charge in [-0.05, 0) is 33.0 Å². The molecule has 1 heterocycles. The van der Waals surface area contributed by atoms with Gasteiger partial charge in [0.15, 0.2) is 0 Å². The number of hydrogen-bond acceptors (Lipinski definition) is 3. The van der Waals surface area contributed by atoms with Gasteiger partial charge in [0.1, 0.15) is 5.01 Å². The van der Waals surface area contributed by atoms with Crippen molar-refractivity contribution in [2.24, 2.45) is 0 Å². The van der Waals surface area contributed by atoms with Crippen molar-refractivity contribution < 1.29 is 0 Å². The van der Waals surface area contributed by atoms with Gasteiger partial charge in [0.05, 0.1) is 0 Å². The number of nitrogens with one attached hydrogen (secondary N) is 1. The summed E-state index contributed by atoms with van der Waals surface area (Å²) in [6.45, 7) is 3.10. The zero-order valence-electron chi connectivity index (χ0n) is 7.50. The van der Waals surface area contributed by atoms with Crippen LogP contribution in [-0.4, -0.2) is 18.6 Å². The molecule has 0 fully saturated rings. The van der Waals surface area contributed by atoms with Crippen molar-refractivity contribution in [3.05, 3.63) is 22.2 Å². The summed E-state index contributed by atoms with van der Waals surface area (Å²) in [6.07, 6.45) is 7.20. The Balaban J connectivity index is 2.36. The van der Waals surface area contributed by atoms with Gasteiger partial charge >= 0.3 is 0 Å². The summed E-state index contributed by atoms with van der Waals surface area (Å²) in [4.78, 5) is 5.49. The van der Waals surface area contributed by atoms with E-state index in [-0.39, 0.29) is 0 Å². The number of thiazole rings is 1. The molecule has 1 aromatic heterocycles. The van der Waals surface area contributed by atoms with E-state index < -0.39 is 0 Å². The van der Waals surface area contributed by atoms with Gasteiger partial charge in [-0.1, -0.05) is 6.08 Å². The van der Waals surface area contributed by atoms with E-state index in [0.29, 0.717) is 0 Å². The lowest BCUT2D eigenvalue weighted by Gasteiger charge is -1.89. The van der Waals surface area contributed by atoms with Crippen LogP contribution < -0.4 is 5.32 Å². The predicted molar refractivity (Wildman–Crippen MR) is 54.4 cm³/mol. The smallest absolute Gasteiger partial charge is 0.115 e. The Morgan fingerprint density at radius 3 is 3.08 bits per heavy atom. The molecular formula is C9H14N2S. The molecule has 0 saturated heterocycles. The number of nitrogens with zero attached hydrogens (tertiary/aromatic N) is 1. The first kappa shape index (κ1) is 9.42. The number of hydrogen-bond donors (Lipinski definition) is 1. The quantitative estimate of drug-likeness (QED) is 0.721. The fraction of sp³-hybridized carbons (Fsp3) is 0.444. The maximum absolute atomic E-state index is 4.22. The lowest BCUT2D eigenvalue weighted by molar-refractivity contribution is 0.809. The Kier molecular flexibility index (Phi) is 3.97. The fourth-order valence-corrected chi connectivity index (χ4v) is 1.57. The van der Waals surface area contributed by atoms with Crippen LogP contribution in [0.1, 0.15) is 16.3 Å². The van der Waals surface area contributed by atoms with Gasteiger partial charge in [-0.2, -0.15) is 0 Å². The van der Waals surface area contributed by atoms with Gasteiger partial charge in [-0.15, -0.1) is 11.3 Å². The Bertz CT molecular complexity index is 253. The summed E-state index contributed by atoms with van der Waals surface area (Å²) in [6, 6.07) is 0. The SMILES string of the molecule is CNCCC=Cc1ncc(C)s1. The lowest BCUT2D eigenvalue weighted by Crippen LogP contribution is -2.05. The Morgan fingerprint density at radius 1 is 1.67 bits per heavy atom. The van der Waals surface area contributed by atoms with Crippen molar-refractivity contribution in [2.75, 3.05) is 13.6 Å². The van der Waals surface area contributed by atoms with Gasteiger partial charge in [0, 0.05) is 11.1 Å². The van der Waals surface area contributed by atoms with E-state index >= 15 is 0 Å². The van der Waals surface area contributed by atoms with Crippen LogP contribution in [0.25, 0.3) is 6.08 Å². The van der Waals surface area contributed by atoms with Crippen molar-refractivity contribution in [2.45, 2.75) is 13.3 Å². The second-order valence-corrected chi connectivity index (χ2v) is 3.87. The highest BCUT2D eigenvalue weighted by atomic mass is 32.1. The Hall–Kier alpha value is -0.670. The summed E-state index contributed by atoms with van der Waals surface area (Å²) in [5.41, 5.74) is 0. The molecule has 66 valence electrons. The third-order valence-corrected chi connectivity index (χ3v) is 2.34. The topological polar surface area (TPSA) is 24.9 Å². The normalized spacial score (nSPS) is 11.2. The van der Waals surface area contributed by atoms with Crippen molar-refractivity contribution in [3.8, 4) is 0 Å². The first-order chi connectivity index (χ1) is 5.83. The van der Waals surface area contributed by atoms with Gasteiger partial charge in [-0.25, -0.2) is 4.98 Å². The van der Waals surface area contributed by atoms with Crippen LogP contribution >= 0.6 is 11.3 Å². The first-order valence-electron chi connectivity index (χ1n) is 4.06. The van der Waals surface area contributed by atoms with Crippen LogP contribution in [0.3, 0.4) is 0 Å². The van der Waals surface area contributed by atoms with Crippen LogP contribution in [-0.2, 0) is 0 Å². The average molecular weight is 182 g/mol. The maximum Gasteiger partial charge on any atom is 0.115 e. The zero-order chi connectivity index (χ0) is 8.81. The van der Waals surface area contributed by atoms with E-state index in [2.05, 4.69) is 29.4 Å². The average Bonchev–Trinajstić information content (AvgIpc) is 2.45. The van der Waals surface area contributed by atoms with Crippen LogP contribution in [0.2, 0.25) is 0 Å². The molecule has 2 nitrogen and oxygen atoms in total. The molecule has 1 N–H and O–H groups in total. The maximum atomic E-state index is 4.22. The molecular weight excluding hydrogens is 168 g/mol. The Morgan fingerprint density at radius 2 is 2.50 bits per heavy atom. The van der Waals surface area contributed by atoms with Crippen LogP contribution in [0.15, 0.2) is 12.3 Å². The highest BCUT2D eigenvalue weighted by molar-refractivity contribution is 7.12. The van der Waals surface area contributed by atoms with Crippen LogP contribution in [0, 0.1) is 6.92 Å². The van der Waals surface area contributed by atoms with Gasteiger partial charge in [-0.3, -0.25) is 0 Å². The second-order valence-electron chi connectivity index (χ2n) is 2.60. The molecule has 12 heavy (non-hydrogen) atoms. The van der Waals surface area contributed by atoms with Crippen molar-refractivity contribution in [3.63, 3.8) is 0 Å². The molecule has 0 aliphatic heterocycles. The molecule has 1 aromatic rings. The van der Waals surface area contributed by atoms with Gasteiger partial charge < -0.3 is 5.32 Å². The molecule has 0 amide bonds. The zero-order valence-corrected chi connectivity index (χ0v) is 8.32. The number of rotatable bonds is 4. The van der Waals surface area contributed by atoms with Crippen LogP contribution in [0.4, 0.5) is 0 Å². The molecule has 0 radical (unpaired) electrons. The van der Waals surface area contributed by atoms with Crippen molar-refractivity contribution >= 4 is 17.4 Å². The summed E-state index contributed by atoms with van der Waals surface area (Å²) in [5.74, 6) is 0. The fourth-order valence-electron chi connectivity index (χ4n) is 0.861. The van der Waals surface area contributed by atoms with Crippen molar-refractivity contribution in [1.82, 2.24) is 10.3 Å². The van der Waals surface area contributed by atoms with Gasteiger partial charge in [0.2, 0.25) is 0 Å². The molecule has 0 aromatic carbocycles. The highest BCUT2D eigenvalue weighted by Crippen LogP contribution is 2.12. The summed E-state index contributed by atoms with van der Waals surface area (Å²) in [5, 5.41) is 4.19. The minimum Gasteiger partial charge on any atom is -0.319 e. The van der Waals surface area contributed by atoms with E-state index in [4.69, 9.17) is 0 Å². The Labute approximate surface area is 77.3 Å². The second kappa shape index (κ2) is 5.06. The third kappa shape index (κ3) is 3.15. The molecule has 0 unspecified atom stereocenters. The predicted octanol–water partition coefficient (Wildman–Crippen LogP) is 2.07. The monoisotopic (exact) mass is 182 g/mol. The largest absolute Gasteiger partial charge is 0.319 e. The number of aromatic nitrogens is 1. The molecule has 1 rings (SSSR count). The molecule has 3 heteroatoms. The van der Waals surface area contributed by atoms with Crippen LogP contribution in [0.5, 0.6) is 0 Å². The number of aryl methyl sites for hydroxylation is 1. The summed E-state index contributed by atoms with van der Waals surface area (Å²) < 4.78 is 0. The van der Waals surface area contributed by atoms with E-state index in [1.807, 2.05) is 13.2 Å². The molecule has 0 bridgehead atoms. The van der Waals surface area contributed by atoms with Gasteiger partial charge in [0.25, 0.3) is 0 Å². The molecule has 0 saturated carbocycles. The van der Waals surface area contributed by atoms with E-state index in [9.17, 15) is 0 Å². The third-order valence-electron chi connectivity index (χ3n) is 1.46. The minimum absolute atomic E-state index is 1.03. The van der Waals surface area contributed by atoms with E-state index in [0.717, 1.165) is 18.0 Å². The molecule has 0 atom stereocenters. The molecule has 0 aliphatic carbocycles. The van der Waals surface area contributed by atoms with E-state index in [1.54, 1.807) is 11.3 Å². The first-order valence-corrected chi connectivity index (χ1v) is 4.88. The summed E-state index contributed by atoms with van der Waals surface area (Å²) in [7, 11) is 1.96. The lowest BCUT2D eigenvalue weighted by atomic mass is 10.4. The standard InChI is InChI=1S/C9H14N2S/c1-8-7-11-9(12-8)5-3-4-6-10-2/h3,5,7,10H,4,6H2,1-2H3. The summed E-state index contributed by atoms with van der Waals surface area (Å²) >= 11 is 1.73. The van der Waals surface area contributed by atoms with Crippen molar-refractivity contribution in [1.29, 1.82) is 0 Å². The highest BCUT2D eigenvalue weighted by Gasteiger charge is 1.91. The van der Waals surface area contributed by atoms with E-state index in [1.165, 1.54) is 4.88 Å². The molecule has 0 spiro atoms. The molecule has 0 aliphatic rings.